The van der Waals surface area contributed by atoms with Crippen molar-refractivity contribution in [3.63, 3.8) is 0 Å². The minimum atomic E-state index is -0.0290. The van der Waals surface area contributed by atoms with Crippen LogP contribution >= 0.6 is 0 Å². The van der Waals surface area contributed by atoms with E-state index in [1.165, 1.54) is 0 Å². The maximum absolute atomic E-state index is 12.5. The van der Waals surface area contributed by atoms with E-state index in [1.807, 2.05) is 29.7 Å². The first kappa shape index (κ1) is 18.4. The lowest BCUT2D eigenvalue weighted by Gasteiger charge is -2.12. The van der Waals surface area contributed by atoms with E-state index in [0.717, 1.165) is 54.0 Å². The van der Waals surface area contributed by atoms with Crippen molar-refractivity contribution < 1.29 is 4.79 Å². The monoisotopic (exact) mass is 378 g/mol. The third-order valence-electron chi connectivity index (χ3n) is 5.29. The summed E-state index contributed by atoms with van der Waals surface area (Å²) in [5.74, 6) is 1.26. The highest BCUT2D eigenvalue weighted by molar-refractivity contribution is 5.95. The minimum Gasteiger partial charge on any atom is -0.368 e. The number of nitrogens with one attached hydrogen (secondary N) is 2. The van der Waals surface area contributed by atoms with Crippen LogP contribution in [0.5, 0.6) is 0 Å². The standard InChI is InChI=1S/C21H26N6O/c1-4-13(2)10-22-19-18-20(24-11-23-19)27(12-25-18)17-9-15(6-5-14(17)3)21(28)26-16-7-8-16/h5-6,9,11-13,16H,4,7-8,10H2,1-3H3,(H,26,28)(H,22,23,24). The van der Waals surface area contributed by atoms with Gasteiger partial charge in [0.15, 0.2) is 17.0 Å². The van der Waals surface area contributed by atoms with Crippen LogP contribution in [-0.2, 0) is 0 Å². The molecule has 2 aromatic heterocycles. The number of aromatic nitrogens is 4. The lowest BCUT2D eigenvalue weighted by Crippen LogP contribution is -2.25. The summed E-state index contributed by atoms with van der Waals surface area (Å²) in [6.07, 6.45) is 6.54. The molecule has 28 heavy (non-hydrogen) atoms. The Hall–Kier alpha value is -2.96. The SMILES string of the molecule is CCC(C)CNc1ncnc2c1ncn2-c1cc(C(=O)NC2CC2)ccc1C. The van der Waals surface area contributed by atoms with Gasteiger partial charge in [0, 0.05) is 18.2 Å². The van der Waals surface area contributed by atoms with Crippen LogP contribution in [0.25, 0.3) is 16.9 Å². The van der Waals surface area contributed by atoms with Gasteiger partial charge >= 0.3 is 0 Å². The van der Waals surface area contributed by atoms with E-state index >= 15 is 0 Å². The molecule has 1 aliphatic carbocycles. The zero-order chi connectivity index (χ0) is 19.7. The van der Waals surface area contributed by atoms with E-state index in [0.29, 0.717) is 17.5 Å². The fraction of sp³-hybridized carbons (Fsp3) is 0.429. The predicted molar refractivity (Wildman–Crippen MR) is 110 cm³/mol. The second-order valence-corrected chi connectivity index (χ2v) is 7.65. The molecule has 2 heterocycles. The van der Waals surface area contributed by atoms with Gasteiger partial charge in [0.1, 0.15) is 12.7 Å². The third-order valence-corrected chi connectivity index (χ3v) is 5.29. The molecule has 1 aromatic carbocycles. The lowest BCUT2D eigenvalue weighted by molar-refractivity contribution is 0.0951. The van der Waals surface area contributed by atoms with Gasteiger partial charge in [-0.15, -0.1) is 0 Å². The number of carbonyl (C=O) groups excluding carboxylic acids is 1. The smallest absolute Gasteiger partial charge is 0.251 e. The second kappa shape index (κ2) is 7.58. The van der Waals surface area contributed by atoms with Crippen LogP contribution in [0.4, 0.5) is 5.82 Å². The molecule has 0 radical (unpaired) electrons. The minimum absolute atomic E-state index is 0.0290. The number of hydrogen-bond acceptors (Lipinski definition) is 5. The Morgan fingerprint density at radius 3 is 2.86 bits per heavy atom. The number of hydrogen-bond donors (Lipinski definition) is 2. The molecule has 2 N–H and O–H groups in total. The molecule has 0 bridgehead atoms. The van der Waals surface area contributed by atoms with E-state index in [4.69, 9.17) is 0 Å². The van der Waals surface area contributed by atoms with Crippen molar-refractivity contribution in [1.82, 2.24) is 24.8 Å². The molecule has 3 aromatic rings. The number of carbonyl (C=O) groups is 1. The summed E-state index contributed by atoms with van der Waals surface area (Å²) in [5.41, 5.74) is 4.06. The summed E-state index contributed by atoms with van der Waals surface area (Å²) in [6.45, 7) is 7.23. The highest BCUT2D eigenvalue weighted by atomic mass is 16.1. The number of benzene rings is 1. The van der Waals surface area contributed by atoms with Crippen molar-refractivity contribution in [2.45, 2.75) is 46.1 Å². The van der Waals surface area contributed by atoms with Crippen molar-refractivity contribution >= 4 is 22.9 Å². The normalized spacial score (nSPS) is 14.8. The molecule has 0 saturated heterocycles. The summed E-state index contributed by atoms with van der Waals surface area (Å²) in [4.78, 5) is 25.8. The molecular weight excluding hydrogens is 352 g/mol. The average Bonchev–Trinajstić information content (AvgIpc) is 3.41. The molecule has 0 aliphatic heterocycles. The topological polar surface area (TPSA) is 84.7 Å². The molecule has 1 saturated carbocycles. The van der Waals surface area contributed by atoms with E-state index in [2.05, 4.69) is 39.4 Å². The van der Waals surface area contributed by atoms with Crippen molar-refractivity contribution in [3.8, 4) is 5.69 Å². The van der Waals surface area contributed by atoms with E-state index < -0.39 is 0 Å². The maximum atomic E-state index is 12.5. The summed E-state index contributed by atoms with van der Waals surface area (Å²) in [5, 5.41) is 6.43. The van der Waals surface area contributed by atoms with Gasteiger partial charge in [-0.05, 0) is 43.4 Å². The van der Waals surface area contributed by atoms with Crippen LogP contribution in [0.2, 0.25) is 0 Å². The molecule has 1 amide bonds. The number of fused-ring (bicyclic) bond motifs is 1. The summed E-state index contributed by atoms with van der Waals surface area (Å²) >= 11 is 0. The lowest BCUT2D eigenvalue weighted by atomic mass is 10.1. The molecular formula is C21H26N6O. The zero-order valence-electron chi connectivity index (χ0n) is 16.6. The predicted octanol–water partition coefficient (Wildman–Crippen LogP) is 3.47. The Bertz CT molecular complexity index is 1010. The molecule has 4 rings (SSSR count). The van der Waals surface area contributed by atoms with Gasteiger partial charge in [0.05, 0.1) is 5.69 Å². The van der Waals surface area contributed by atoms with Gasteiger partial charge in [-0.1, -0.05) is 26.3 Å². The maximum Gasteiger partial charge on any atom is 0.251 e. The van der Waals surface area contributed by atoms with Gasteiger partial charge in [-0.3, -0.25) is 9.36 Å². The molecule has 1 unspecified atom stereocenters. The van der Waals surface area contributed by atoms with Crippen LogP contribution in [-0.4, -0.2) is 38.0 Å². The van der Waals surface area contributed by atoms with Crippen molar-refractivity contribution in [2.75, 3.05) is 11.9 Å². The molecule has 1 aliphatic rings. The Balaban J connectivity index is 1.68. The van der Waals surface area contributed by atoms with Gasteiger partial charge < -0.3 is 10.6 Å². The molecule has 1 fully saturated rings. The number of imidazole rings is 1. The summed E-state index contributed by atoms with van der Waals surface area (Å²) < 4.78 is 1.93. The molecule has 146 valence electrons. The van der Waals surface area contributed by atoms with Crippen LogP contribution in [0.15, 0.2) is 30.9 Å². The fourth-order valence-corrected chi connectivity index (χ4v) is 3.06. The number of anilines is 1. The van der Waals surface area contributed by atoms with Gasteiger partial charge in [-0.25, -0.2) is 15.0 Å². The van der Waals surface area contributed by atoms with Crippen LogP contribution < -0.4 is 10.6 Å². The highest BCUT2D eigenvalue weighted by Gasteiger charge is 2.24. The quantitative estimate of drug-likeness (QED) is 0.657. The van der Waals surface area contributed by atoms with Gasteiger partial charge in [0.25, 0.3) is 5.91 Å². The first-order valence-corrected chi connectivity index (χ1v) is 9.90. The average molecular weight is 378 g/mol. The van der Waals surface area contributed by atoms with Crippen LogP contribution in [0.1, 0.15) is 49.0 Å². The number of amides is 1. The summed E-state index contributed by atoms with van der Waals surface area (Å²) in [7, 11) is 0. The number of aryl methyl sites for hydroxylation is 1. The Labute approximate surface area is 164 Å². The second-order valence-electron chi connectivity index (χ2n) is 7.65. The fourth-order valence-electron chi connectivity index (χ4n) is 3.06. The van der Waals surface area contributed by atoms with E-state index in [9.17, 15) is 4.79 Å². The van der Waals surface area contributed by atoms with Gasteiger partial charge in [0.2, 0.25) is 0 Å². The highest BCUT2D eigenvalue weighted by Crippen LogP contribution is 2.25. The molecule has 7 heteroatoms. The number of rotatable bonds is 7. The third kappa shape index (κ3) is 3.69. The Morgan fingerprint density at radius 1 is 1.29 bits per heavy atom. The molecule has 1 atom stereocenters. The number of nitrogens with zero attached hydrogens (tertiary/aromatic N) is 4. The first-order chi connectivity index (χ1) is 13.6. The summed E-state index contributed by atoms with van der Waals surface area (Å²) in [6, 6.07) is 6.07. The Kier molecular flexibility index (Phi) is 4.98. The van der Waals surface area contributed by atoms with E-state index in [-0.39, 0.29) is 5.91 Å². The van der Waals surface area contributed by atoms with Gasteiger partial charge in [-0.2, -0.15) is 0 Å². The first-order valence-electron chi connectivity index (χ1n) is 9.90. The van der Waals surface area contributed by atoms with Crippen molar-refractivity contribution in [2.24, 2.45) is 5.92 Å². The van der Waals surface area contributed by atoms with Crippen LogP contribution in [0, 0.1) is 12.8 Å². The Morgan fingerprint density at radius 2 is 2.11 bits per heavy atom. The largest absolute Gasteiger partial charge is 0.368 e. The van der Waals surface area contributed by atoms with E-state index in [1.54, 1.807) is 12.7 Å². The molecule has 0 spiro atoms. The van der Waals surface area contributed by atoms with Crippen molar-refractivity contribution in [1.29, 1.82) is 0 Å². The van der Waals surface area contributed by atoms with Crippen LogP contribution in [0.3, 0.4) is 0 Å². The zero-order valence-corrected chi connectivity index (χ0v) is 16.6. The molecule has 7 nitrogen and oxygen atoms in total. The van der Waals surface area contributed by atoms with Crippen molar-refractivity contribution in [3.05, 3.63) is 42.0 Å².